The second-order valence-corrected chi connectivity index (χ2v) is 4.01. The van der Waals surface area contributed by atoms with Crippen LogP contribution in [-0.2, 0) is 0 Å². The van der Waals surface area contributed by atoms with E-state index in [9.17, 15) is 5.26 Å². The molecule has 2 nitrogen and oxygen atoms in total. The number of hydrogen-bond donors (Lipinski definition) is 0. The van der Waals surface area contributed by atoms with Crippen molar-refractivity contribution in [2.45, 2.75) is 39.2 Å². The summed E-state index contributed by atoms with van der Waals surface area (Å²) >= 11 is 0. The van der Waals surface area contributed by atoms with E-state index in [1.54, 1.807) is 0 Å². The lowest BCUT2D eigenvalue weighted by Gasteiger charge is -2.26. The summed E-state index contributed by atoms with van der Waals surface area (Å²) in [6, 6.07) is 10.6. The molecule has 1 aromatic rings. The lowest BCUT2D eigenvalue weighted by Crippen LogP contribution is -2.24. The lowest BCUT2D eigenvalue weighted by atomic mass is 10.0. The Hall–Kier alpha value is -1.49. The van der Waals surface area contributed by atoms with Gasteiger partial charge in [-0.3, -0.25) is 0 Å². The number of hydrogen-bond acceptors (Lipinski definition) is 2. The van der Waals surface area contributed by atoms with Crippen molar-refractivity contribution in [3.8, 4) is 6.19 Å². The van der Waals surface area contributed by atoms with Gasteiger partial charge in [-0.15, -0.1) is 0 Å². The van der Waals surface area contributed by atoms with Crippen LogP contribution in [-0.4, -0.2) is 11.4 Å². The molecule has 0 heterocycles. The van der Waals surface area contributed by atoms with Crippen LogP contribution >= 0.6 is 0 Å². The van der Waals surface area contributed by atoms with Crippen LogP contribution in [0.3, 0.4) is 0 Å². The molecule has 0 bridgehead atoms. The Kier molecular flexibility index (Phi) is 5.42. The summed E-state index contributed by atoms with van der Waals surface area (Å²) in [6.07, 6.45) is 5.47. The molecule has 1 unspecified atom stereocenters. The van der Waals surface area contributed by atoms with E-state index in [4.69, 9.17) is 0 Å². The topological polar surface area (TPSA) is 27.0 Å². The van der Waals surface area contributed by atoms with Gasteiger partial charge in [-0.2, -0.15) is 5.26 Å². The standard InChI is InChI=1S/C14H20N2/c1-3-8-14(16(12-15)11-4-2)13-9-6-5-7-10-13/h5-7,9-10,14H,3-4,8,11H2,1-2H3. The Bertz CT molecular complexity index is 326. The van der Waals surface area contributed by atoms with E-state index in [0.717, 1.165) is 25.8 Å². The minimum atomic E-state index is 0.246. The third-order valence-electron chi connectivity index (χ3n) is 2.72. The monoisotopic (exact) mass is 216 g/mol. The predicted octanol–water partition coefficient (Wildman–Crippen LogP) is 3.72. The van der Waals surface area contributed by atoms with Crippen molar-refractivity contribution in [2.75, 3.05) is 6.54 Å². The van der Waals surface area contributed by atoms with Gasteiger partial charge in [0.2, 0.25) is 0 Å². The first kappa shape index (κ1) is 12.6. The Balaban J connectivity index is 2.86. The fourth-order valence-electron chi connectivity index (χ4n) is 1.97. The van der Waals surface area contributed by atoms with Crippen molar-refractivity contribution in [3.63, 3.8) is 0 Å². The highest BCUT2D eigenvalue weighted by Gasteiger charge is 2.17. The van der Waals surface area contributed by atoms with Gasteiger partial charge >= 0.3 is 0 Å². The second-order valence-electron chi connectivity index (χ2n) is 4.01. The van der Waals surface area contributed by atoms with E-state index in [0.29, 0.717) is 0 Å². The first-order valence-corrected chi connectivity index (χ1v) is 6.04. The van der Waals surface area contributed by atoms with E-state index >= 15 is 0 Å². The van der Waals surface area contributed by atoms with E-state index in [1.165, 1.54) is 5.56 Å². The van der Waals surface area contributed by atoms with Crippen molar-refractivity contribution < 1.29 is 0 Å². The number of nitrogens with zero attached hydrogens (tertiary/aromatic N) is 2. The lowest BCUT2D eigenvalue weighted by molar-refractivity contribution is 0.277. The highest BCUT2D eigenvalue weighted by Crippen LogP contribution is 2.24. The first-order chi connectivity index (χ1) is 7.83. The highest BCUT2D eigenvalue weighted by molar-refractivity contribution is 5.19. The van der Waals surface area contributed by atoms with Crippen LogP contribution in [0.1, 0.15) is 44.7 Å². The SMILES string of the molecule is CCCC(c1ccccc1)N(C#N)CCC. The molecule has 0 saturated carbocycles. The molecule has 1 atom stereocenters. The first-order valence-electron chi connectivity index (χ1n) is 6.04. The molecule has 16 heavy (non-hydrogen) atoms. The van der Waals surface area contributed by atoms with Crippen LogP contribution in [0.25, 0.3) is 0 Å². The Morgan fingerprint density at radius 2 is 1.88 bits per heavy atom. The molecule has 0 N–H and O–H groups in total. The van der Waals surface area contributed by atoms with E-state index < -0.39 is 0 Å². The third kappa shape index (κ3) is 3.27. The molecule has 0 aliphatic heterocycles. The maximum absolute atomic E-state index is 9.19. The van der Waals surface area contributed by atoms with Gasteiger partial charge in [0.1, 0.15) is 0 Å². The molecule has 0 fully saturated rings. The van der Waals surface area contributed by atoms with Gasteiger partial charge in [0.15, 0.2) is 6.19 Å². The van der Waals surface area contributed by atoms with Gasteiger partial charge in [-0.05, 0) is 18.4 Å². The average Bonchev–Trinajstić information content (AvgIpc) is 2.35. The van der Waals surface area contributed by atoms with Crippen LogP contribution in [0.15, 0.2) is 30.3 Å². The second kappa shape index (κ2) is 6.90. The predicted molar refractivity (Wildman–Crippen MR) is 66.7 cm³/mol. The molecule has 0 aliphatic rings. The van der Waals surface area contributed by atoms with E-state index in [-0.39, 0.29) is 6.04 Å². The zero-order valence-electron chi connectivity index (χ0n) is 10.2. The maximum Gasteiger partial charge on any atom is 0.179 e. The van der Waals surface area contributed by atoms with Crippen molar-refractivity contribution in [1.82, 2.24) is 4.90 Å². The zero-order valence-corrected chi connectivity index (χ0v) is 10.2. The van der Waals surface area contributed by atoms with Gasteiger partial charge in [0, 0.05) is 6.54 Å². The molecular formula is C14H20N2. The summed E-state index contributed by atoms with van der Waals surface area (Å²) in [5.74, 6) is 0. The highest BCUT2D eigenvalue weighted by atomic mass is 15.1. The van der Waals surface area contributed by atoms with Crippen LogP contribution in [0.2, 0.25) is 0 Å². The molecule has 86 valence electrons. The molecule has 0 radical (unpaired) electrons. The Morgan fingerprint density at radius 3 is 2.38 bits per heavy atom. The molecular weight excluding hydrogens is 196 g/mol. The number of rotatable bonds is 6. The minimum absolute atomic E-state index is 0.246. The third-order valence-corrected chi connectivity index (χ3v) is 2.72. The van der Waals surface area contributed by atoms with Gasteiger partial charge in [0.25, 0.3) is 0 Å². The quantitative estimate of drug-likeness (QED) is 0.535. The van der Waals surface area contributed by atoms with Crippen molar-refractivity contribution in [3.05, 3.63) is 35.9 Å². The molecule has 1 aromatic carbocycles. The Labute approximate surface area is 98.5 Å². The van der Waals surface area contributed by atoms with E-state index in [1.807, 2.05) is 23.1 Å². The molecule has 2 heteroatoms. The average molecular weight is 216 g/mol. The summed E-state index contributed by atoms with van der Waals surface area (Å²) in [6.45, 7) is 5.12. The van der Waals surface area contributed by atoms with Gasteiger partial charge < -0.3 is 4.90 Å². The minimum Gasteiger partial charge on any atom is -0.303 e. The van der Waals surface area contributed by atoms with Crippen LogP contribution in [0, 0.1) is 11.5 Å². The molecule has 0 aliphatic carbocycles. The van der Waals surface area contributed by atoms with Gasteiger partial charge in [0.05, 0.1) is 6.04 Å². The molecule has 0 aromatic heterocycles. The summed E-state index contributed by atoms with van der Waals surface area (Å²) in [4.78, 5) is 1.90. The smallest absolute Gasteiger partial charge is 0.179 e. The maximum atomic E-state index is 9.19. The van der Waals surface area contributed by atoms with Crippen LogP contribution in [0.5, 0.6) is 0 Å². The fourth-order valence-corrected chi connectivity index (χ4v) is 1.97. The summed E-state index contributed by atoms with van der Waals surface area (Å²) in [7, 11) is 0. The normalized spacial score (nSPS) is 11.8. The molecule has 0 saturated heterocycles. The largest absolute Gasteiger partial charge is 0.303 e. The van der Waals surface area contributed by atoms with Crippen LogP contribution < -0.4 is 0 Å². The summed E-state index contributed by atoms with van der Waals surface area (Å²) < 4.78 is 0. The van der Waals surface area contributed by atoms with E-state index in [2.05, 4.69) is 32.2 Å². The Morgan fingerprint density at radius 1 is 1.19 bits per heavy atom. The van der Waals surface area contributed by atoms with Crippen molar-refractivity contribution in [2.24, 2.45) is 0 Å². The molecule has 0 amide bonds. The molecule has 0 spiro atoms. The summed E-state index contributed by atoms with van der Waals surface area (Å²) in [5, 5.41) is 9.19. The van der Waals surface area contributed by atoms with Crippen molar-refractivity contribution in [1.29, 1.82) is 5.26 Å². The van der Waals surface area contributed by atoms with Crippen LogP contribution in [0.4, 0.5) is 0 Å². The number of nitriles is 1. The van der Waals surface area contributed by atoms with Gasteiger partial charge in [-0.25, -0.2) is 0 Å². The van der Waals surface area contributed by atoms with Gasteiger partial charge in [-0.1, -0.05) is 50.6 Å². The summed E-state index contributed by atoms with van der Waals surface area (Å²) in [5.41, 5.74) is 1.25. The van der Waals surface area contributed by atoms with Crippen molar-refractivity contribution >= 4 is 0 Å². The zero-order chi connectivity index (χ0) is 11.8. The fraction of sp³-hybridized carbons (Fsp3) is 0.500. The molecule has 1 rings (SSSR count). The number of benzene rings is 1.